The molecule has 10 nitrogen and oxygen atoms in total. The number of fused-ring (bicyclic) bond motifs is 1. The molecule has 3 aromatic rings. The summed E-state index contributed by atoms with van der Waals surface area (Å²) < 4.78 is 0. The van der Waals surface area contributed by atoms with Crippen LogP contribution in [0.25, 0.3) is 0 Å². The zero-order chi connectivity index (χ0) is 35.7. The Balaban J connectivity index is 0.000000685. The molecule has 10 heteroatoms. The molecule has 48 heavy (non-hydrogen) atoms. The van der Waals surface area contributed by atoms with Crippen LogP contribution in [0.2, 0.25) is 0 Å². The van der Waals surface area contributed by atoms with E-state index in [1.807, 2.05) is 42.6 Å². The van der Waals surface area contributed by atoms with Crippen molar-refractivity contribution in [2.45, 2.75) is 72.4 Å². The summed E-state index contributed by atoms with van der Waals surface area (Å²) in [5.74, 6) is 0.805. The van der Waals surface area contributed by atoms with Crippen molar-refractivity contribution >= 4 is 12.3 Å². The number of hydrogen-bond acceptors (Lipinski definition) is 7. The highest BCUT2D eigenvalue weighted by Crippen LogP contribution is 2.22. The van der Waals surface area contributed by atoms with E-state index < -0.39 is 0 Å². The number of amides is 2. The molecular formula is C38H60N8O2. The second kappa shape index (κ2) is 24.7. The number of aryl methyl sites for hydroxylation is 1. The molecule has 0 spiro atoms. The molecule has 9 N–H and O–H groups in total. The summed E-state index contributed by atoms with van der Waals surface area (Å²) in [6.45, 7) is 19.9. The van der Waals surface area contributed by atoms with Gasteiger partial charge in [0.15, 0.2) is 0 Å². The Labute approximate surface area is 288 Å². The molecule has 0 bridgehead atoms. The molecule has 0 fully saturated rings. The maximum Gasteiger partial charge on any atom is 0.239 e. The maximum absolute atomic E-state index is 12.9. The van der Waals surface area contributed by atoms with Crippen LogP contribution in [0.15, 0.2) is 91.4 Å². The number of primary amides is 1. The van der Waals surface area contributed by atoms with Gasteiger partial charge in [0.05, 0.1) is 18.8 Å². The minimum absolute atomic E-state index is 0.0584. The van der Waals surface area contributed by atoms with E-state index in [4.69, 9.17) is 16.3 Å². The highest BCUT2D eigenvalue weighted by Gasteiger charge is 2.25. The highest BCUT2D eigenvalue weighted by molar-refractivity contribution is 5.79. The molecule has 0 radical (unpaired) electrons. The van der Waals surface area contributed by atoms with E-state index in [2.05, 4.69) is 96.6 Å². The van der Waals surface area contributed by atoms with Crippen molar-refractivity contribution < 1.29 is 9.59 Å². The summed E-state index contributed by atoms with van der Waals surface area (Å²) in [5, 5.41) is 13.6. The van der Waals surface area contributed by atoms with Gasteiger partial charge in [-0.15, -0.1) is 0 Å². The third-order valence-corrected chi connectivity index (χ3v) is 7.41. The summed E-state index contributed by atoms with van der Waals surface area (Å²) in [5.41, 5.74) is 22.4. The first kappa shape index (κ1) is 41.6. The van der Waals surface area contributed by atoms with Crippen molar-refractivity contribution in [3.8, 4) is 0 Å². The lowest BCUT2D eigenvalue weighted by molar-refractivity contribution is -0.120. The van der Waals surface area contributed by atoms with Gasteiger partial charge in [0.2, 0.25) is 12.3 Å². The fraction of sp³-hybridized carbons (Fsp3) is 0.447. The molecular weight excluding hydrogens is 600 g/mol. The van der Waals surface area contributed by atoms with Crippen molar-refractivity contribution in [3.05, 3.63) is 114 Å². The van der Waals surface area contributed by atoms with E-state index in [0.717, 1.165) is 62.5 Å². The van der Waals surface area contributed by atoms with E-state index in [9.17, 15) is 4.79 Å². The van der Waals surface area contributed by atoms with Crippen molar-refractivity contribution in [1.29, 1.82) is 0 Å². The van der Waals surface area contributed by atoms with Gasteiger partial charge in [0, 0.05) is 54.6 Å². The number of nitrogens with two attached hydrogens (primary N) is 3. The number of aromatic amines is 1. The van der Waals surface area contributed by atoms with E-state index in [0.29, 0.717) is 13.1 Å². The molecule has 1 aliphatic rings. The van der Waals surface area contributed by atoms with Gasteiger partial charge in [-0.25, -0.2) is 0 Å². The van der Waals surface area contributed by atoms with Gasteiger partial charge in [-0.05, 0) is 50.6 Å². The van der Waals surface area contributed by atoms with Crippen LogP contribution in [0.3, 0.4) is 0 Å². The predicted octanol–water partition coefficient (Wildman–Crippen LogP) is 4.58. The molecule has 0 aliphatic carbocycles. The molecule has 0 saturated carbocycles. The van der Waals surface area contributed by atoms with Crippen LogP contribution in [-0.2, 0) is 29.0 Å². The van der Waals surface area contributed by atoms with Crippen LogP contribution in [-0.4, -0.2) is 59.6 Å². The second-order valence-electron chi connectivity index (χ2n) is 12.5. The standard InChI is InChI=1S/C26H39N7O.C7H8.C4H10.CH3NO/c1-19(22(15-28)14-21-8-4-3-5-9-21)29-17-26(34)31-24(10-6-7-12-27)20(2)33-13-11-25-23(18-33)16-30-32-25;1-7-5-3-2-4-6-7;1-4(2)3;2-1-3/h3-5,8-9,16,22,24,29H,1-2,6-7,10-15,17-18,27-28H2,(H,30,32)(H,31,34);2-6H,1H3;4H,1-3H3;1H,(H2,2,3). The largest absolute Gasteiger partial charge is 0.380 e. The topological polar surface area (TPSA) is 168 Å². The molecule has 264 valence electrons. The number of nitrogens with one attached hydrogen (secondary N) is 3. The minimum atomic E-state index is -0.141. The van der Waals surface area contributed by atoms with E-state index in [1.54, 1.807) is 0 Å². The number of benzene rings is 2. The zero-order valence-electron chi connectivity index (χ0n) is 29.6. The minimum Gasteiger partial charge on any atom is -0.380 e. The lowest BCUT2D eigenvalue weighted by atomic mass is 9.97. The maximum atomic E-state index is 12.9. The smallest absolute Gasteiger partial charge is 0.239 e. The normalized spacial score (nSPS) is 12.7. The van der Waals surface area contributed by atoms with Crippen LogP contribution in [0.5, 0.6) is 0 Å². The number of hydrogen-bond donors (Lipinski definition) is 6. The van der Waals surface area contributed by atoms with Crippen LogP contribution < -0.4 is 27.8 Å². The molecule has 2 heterocycles. The van der Waals surface area contributed by atoms with E-state index >= 15 is 0 Å². The molecule has 2 atom stereocenters. The second-order valence-corrected chi connectivity index (χ2v) is 12.5. The van der Waals surface area contributed by atoms with Crippen LogP contribution in [0, 0.1) is 18.8 Å². The first-order valence-electron chi connectivity index (χ1n) is 16.8. The van der Waals surface area contributed by atoms with Gasteiger partial charge < -0.3 is 32.7 Å². The van der Waals surface area contributed by atoms with Gasteiger partial charge in [0.25, 0.3) is 0 Å². The molecule has 2 aromatic carbocycles. The summed E-state index contributed by atoms with van der Waals surface area (Å²) in [6, 6.07) is 20.3. The summed E-state index contributed by atoms with van der Waals surface area (Å²) in [4.78, 5) is 23.7. The van der Waals surface area contributed by atoms with Crippen LogP contribution in [0.1, 0.15) is 62.4 Å². The Morgan fingerprint density at radius 2 is 1.65 bits per heavy atom. The molecule has 1 aliphatic heterocycles. The Bertz CT molecular complexity index is 1310. The fourth-order valence-electron chi connectivity index (χ4n) is 4.87. The fourth-order valence-corrected chi connectivity index (χ4v) is 4.87. The number of aromatic nitrogens is 2. The summed E-state index contributed by atoms with van der Waals surface area (Å²) in [7, 11) is 0. The van der Waals surface area contributed by atoms with Gasteiger partial charge in [0.1, 0.15) is 0 Å². The van der Waals surface area contributed by atoms with Gasteiger partial charge >= 0.3 is 0 Å². The monoisotopic (exact) mass is 660 g/mol. The predicted molar refractivity (Wildman–Crippen MR) is 198 cm³/mol. The number of H-pyrrole nitrogens is 1. The summed E-state index contributed by atoms with van der Waals surface area (Å²) >= 11 is 0. The van der Waals surface area contributed by atoms with Gasteiger partial charge in [-0.2, -0.15) is 5.10 Å². The van der Waals surface area contributed by atoms with Gasteiger partial charge in [-0.1, -0.05) is 100 Å². The first-order valence-corrected chi connectivity index (χ1v) is 16.8. The SMILES string of the molecule is C=C(NCC(=O)NC(CCCCN)C(=C)N1CCc2[nH]ncc2C1)C(CN)Cc1ccccc1.CC(C)C.Cc1ccccc1.NC=O. The Morgan fingerprint density at radius 1 is 1.04 bits per heavy atom. The third-order valence-electron chi connectivity index (χ3n) is 7.41. The number of rotatable bonds is 14. The number of carbonyl (C=O) groups excluding carboxylic acids is 2. The van der Waals surface area contributed by atoms with Crippen molar-refractivity contribution in [2.75, 3.05) is 26.2 Å². The Hall–Kier alpha value is -4.41. The van der Waals surface area contributed by atoms with Crippen LogP contribution in [0.4, 0.5) is 0 Å². The third kappa shape index (κ3) is 17.5. The lowest BCUT2D eigenvalue weighted by Gasteiger charge is -2.35. The molecule has 0 saturated heterocycles. The Morgan fingerprint density at radius 3 is 2.19 bits per heavy atom. The lowest BCUT2D eigenvalue weighted by Crippen LogP contribution is -2.46. The average molecular weight is 661 g/mol. The quantitative estimate of drug-likeness (QED) is 0.109. The molecule has 2 amide bonds. The first-order chi connectivity index (χ1) is 23.1. The number of nitrogens with zero attached hydrogens (tertiary/aromatic N) is 2. The average Bonchev–Trinajstić information content (AvgIpc) is 3.55. The van der Waals surface area contributed by atoms with Crippen molar-refractivity contribution in [2.24, 2.45) is 29.0 Å². The van der Waals surface area contributed by atoms with Gasteiger partial charge in [-0.3, -0.25) is 14.7 Å². The zero-order valence-corrected chi connectivity index (χ0v) is 29.6. The molecule has 2 unspecified atom stereocenters. The molecule has 1 aromatic heterocycles. The van der Waals surface area contributed by atoms with E-state index in [1.165, 1.54) is 22.4 Å². The Kier molecular flexibility index (Phi) is 21.4. The summed E-state index contributed by atoms with van der Waals surface area (Å²) in [6.07, 6.45) is 6.44. The number of unbranched alkanes of at least 4 members (excludes halogenated alkanes) is 1. The highest BCUT2D eigenvalue weighted by atomic mass is 16.2. The van der Waals surface area contributed by atoms with Crippen LogP contribution >= 0.6 is 0 Å². The number of carbonyl (C=O) groups is 2. The van der Waals surface area contributed by atoms with E-state index in [-0.39, 0.29) is 30.8 Å². The molecule has 4 rings (SSSR count). The van der Waals surface area contributed by atoms with Crippen molar-refractivity contribution in [3.63, 3.8) is 0 Å². The van der Waals surface area contributed by atoms with Crippen molar-refractivity contribution in [1.82, 2.24) is 25.7 Å².